The van der Waals surface area contributed by atoms with Gasteiger partial charge < -0.3 is 4.74 Å². The zero-order valence-corrected chi connectivity index (χ0v) is 15.4. The van der Waals surface area contributed by atoms with Crippen LogP contribution in [-0.2, 0) is 0 Å². The largest absolute Gasteiger partial charge is 0.491 e. The maximum atomic E-state index is 14.4. The van der Waals surface area contributed by atoms with Gasteiger partial charge >= 0.3 is 0 Å². The number of hydrogen-bond acceptors (Lipinski definition) is 1. The third-order valence-electron chi connectivity index (χ3n) is 4.99. The van der Waals surface area contributed by atoms with E-state index in [2.05, 4.69) is 13.5 Å². The Labute approximate surface area is 150 Å². The minimum Gasteiger partial charge on any atom is -0.491 e. The molecule has 136 valence electrons. The van der Waals surface area contributed by atoms with Gasteiger partial charge in [-0.15, -0.1) is 0 Å². The Kier molecular flexibility index (Phi) is 6.98. The van der Waals surface area contributed by atoms with Crippen LogP contribution in [0.5, 0.6) is 5.75 Å². The van der Waals surface area contributed by atoms with E-state index in [1.54, 1.807) is 19.1 Å². The van der Waals surface area contributed by atoms with Crippen LogP contribution in [0, 0.1) is 23.5 Å². The first-order chi connectivity index (χ1) is 12.0. The van der Waals surface area contributed by atoms with Crippen molar-refractivity contribution in [3.8, 4) is 5.75 Å². The highest BCUT2D eigenvalue weighted by atomic mass is 19.2. The standard InChI is InChI=1S/C22H28F2O/c1-5-17(12-9-16(4)18-10-7-15(3)8-11-18)19-13-14-20(25-6-2)22(24)21(19)23/h5,9,12-15,18H,4,6-8,10-11H2,1-3H3/b12-9-,17-5+. The Hall–Kier alpha value is -1.90. The second-order valence-electron chi connectivity index (χ2n) is 6.78. The molecule has 0 heterocycles. The van der Waals surface area contributed by atoms with Gasteiger partial charge in [-0.1, -0.05) is 50.1 Å². The molecule has 1 saturated carbocycles. The van der Waals surface area contributed by atoms with Crippen molar-refractivity contribution in [1.82, 2.24) is 0 Å². The van der Waals surface area contributed by atoms with E-state index < -0.39 is 11.6 Å². The molecule has 0 atom stereocenters. The number of ether oxygens (including phenoxy) is 1. The fourth-order valence-electron chi connectivity index (χ4n) is 3.33. The molecule has 1 aliphatic rings. The molecular weight excluding hydrogens is 318 g/mol. The minimum absolute atomic E-state index is 0.0519. The summed E-state index contributed by atoms with van der Waals surface area (Å²) in [6.07, 6.45) is 10.3. The van der Waals surface area contributed by atoms with Crippen molar-refractivity contribution < 1.29 is 13.5 Å². The zero-order chi connectivity index (χ0) is 18.4. The fraction of sp³-hybridized carbons (Fsp3) is 0.455. The van der Waals surface area contributed by atoms with E-state index in [1.165, 1.54) is 18.9 Å². The van der Waals surface area contributed by atoms with Gasteiger partial charge in [0.2, 0.25) is 5.82 Å². The van der Waals surface area contributed by atoms with Crippen molar-refractivity contribution in [2.45, 2.75) is 46.5 Å². The third-order valence-corrected chi connectivity index (χ3v) is 4.99. The summed E-state index contributed by atoms with van der Waals surface area (Å²) in [6, 6.07) is 3.04. The van der Waals surface area contributed by atoms with Crippen molar-refractivity contribution >= 4 is 5.57 Å². The maximum absolute atomic E-state index is 14.4. The fourth-order valence-corrected chi connectivity index (χ4v) is 3.33. The van der Waals surface area contributed by atoms with E-state index >= 15 is 0 Å². The monoisotopic (exact) mass is 346 g/mol. The highest BCUT2D eigenvalue weighted by Gasteiger charge is 2.20. The second-order valence-corrected chi connectivity index (χ2v) is 6.78. The van der Waals surface area contributed by atoms with Crippen LogP contribution in [0.15, 0.2) is 42.5 Å². The summed E-state index contributed by atoms with van der Waals surface area (Å²) >= 11 is 0. The van der Waals surface area contributed by atoms with Gasteiger partial charge in [0, 0.05) is 5.56 Å². The minimum atomic E-state index is -0.938. The van der Waals surface area contributed by atoms with Crippen LogP contribution in [0.2, 0.25) is 0 Å². The molecule has 0 bridgehead atoms. The van der Waals surface area contributed by atoms with Crippen LogP contribution < -0.4 is 4.74 Å². The van der Waals surface area contributed by atoms with Gasteiger partial charge in [0.25, 0.3) is 0 Å². The number of rotatable bonds is 6. The molecule has 1 nitrogen and oxygen atoms in total. The van der Waals surface area contributed by atoms with Crippen molar-refractivity contribution in [1.29, 1.82) is 0 Å². The van der Waals surface area contributed by atoms with Gasteiger partial charge in [0.15, 0.2) is 11.6 Å². The molecule has 0 radical (unpaired) electrons. The quantitative estimate of drug-likeness (QED) is 0.520. The van der Waals surface area contributed by atoms with Gasteiger partial charge in [-0.25, -0.2) is 4.39 Å². The number of allylic oxidation sites excluding steroid dienone is 5. The summed E-state index contributed by atoms with van der Waals surface area (Å²) in [5.41, 5.74) is 1.95. The van der Waals surface area contributed by atoms with Crippen molar-refractivity contribution in [3.63, 3.8) is 0 Å². The first-order valence-corrected chi connectivity index (χ1v) is 9.12. The van der Waals surface area contributed by atoms with Gasteiger partial charge in [-0.3, -0.25) is 0 Å². The Morgan fingerprint density at radius 2 is 1.84 bits per heavy atom. The molecule has 1 aromatic rings. The van der Waals surface area contributed by atoms with E-state index in [4.69, 9.17) is 4.74 Å². The number of hydrogen-bond donors (Lipinski definition) is 0. The van der Waals surface area contributed by atoms with E-state index in [0.29, 0.717) is 18.1 Å². The Morgan fingerprint density at radius 3 is 2.44 bits per heavy atom. The van der Waals surface area contributed by atoms with Crippen molar-refractivity contribution in [2.24, 2.45) is 11.8 Å². The van der Waals surface area contributed by atoms with E-state index in [-0.39, 0.29) is 11.3 Å². The van der Waals surface area contributed by atoms with Gasteiger partial charge in [0.1, 0.15) is 0 Å². The second kappa shape index (κ2) is 8.98. The predicted molar refractivity (Wildman–Crippen MR) is 101 cm³/mol. The van der Waals surface area contributed by atoms with Crippen LogP contribution in [-0.4, -0.2) is 6.61 Å². The highest BCUT2D eigenvalue weighted by molar-refractivity contribution is 5.75. The van der Waals surface area contributed by atoms with E-state index in [9.17, 15) is 8.78 Å². The first kappa shape index (κ1) is 19.4. The van der Waals surface area contributed by atoms with Crippen LogP contribution in [0.25, 0.3) is 5.57 Å². The van der Waals surface area contributed by atoms with Crippen molar-refractivity contribution in [2.75, 3.05) is 6.61 Å². The molecule has 0 unspecified atom stereocenters. The van der Waals surface area contributed by atoms with Crippen molar-refractivity contribution in [3.05, 3.63) is 59.7 Å². The van der Waals surface area contributed by atoms with Gasteiger partial charge in [0.05, 0.1) is 6.61 Å². The summed E-state index contributed by atoms with van der Waals surface area (Å²) in [7, 11) is 0. The summed E-state index contributed by atoms with van der Waals surface area (Å²) in [6.45, 7) is 10.3. The lowest BCUT2D eigenvalue weighted by atomic mass is 9.79. The highest BCUT2D eigenvalue weighted by Crippen LogP contribution is 2.33. The smallest absolute Gasteiger partial charge is 0.201 e. The molecule has 0 amide bonds. The Bertz CT molecular complexity index is 665. The van der Waals surface area contributed by atoms with Crippen LogP contribution in [0.4, 0.5) is 8.78 Å². The summed E-state index contributed by atoms with van der Waals surface area (Å²) < 4.78 is 33.6. The Balaban J connectivity index is 2.15. The zero-order valence-electron chi connectivity index (χ0n) is 15.4. The maximum Gasteiger partial charge on any atom is 0.201 e. The molecule has 1 aromatic carbocycles. The van der Waals surface area contributed by atoms with Gasteiger partial charge in [-0.2, -0.15) is 4.39 Å². The summed E-state index contributed by atoms with van der Waals surface area (Å²) in [4.78, 5) is 0. The third kappa shape index (κ3) is 4.81. The molecule has 3 heteroatoms. The number of benzene rings is 1. The molecule has 25 heavy (non-hydrogen) atoms. The van der Waals surface area contributed by atoms with Crippen LogP contribution in [0.3, 0.4) is 0 Å². The number of halogens is 2. The summed E-state index contributed by atoms with van der Waals surface area (Å²) in [5, 5.41) is 0. The molecule has 1 aliphatic carbocycles. The lowest BCUT2D eigenvalue weighted by molar-refractivity contribution is 0.314. The van der Waals surface area contributed by atoms with Crippen LogP contribution >= 0.6 is 0 Å². The van der Waals surface area contributed by atoms with Crippen LogP contribution in [0.1, 0.15) is 52.0 Å². The molecule has 0 saturated heterocycles. The molecule has 0 spiro atoms. The van der Waals surface area contributed by atoms with E-state index in [0.717, 1.165) is 24.3 Å². The Morgan fingerprint density at radius 1 is 1.16 bits per heavy atom. The average molecular weight is 346 g/mol. The van der Waals surface area contributed by atoms with E-state index in [1.807, 2.05) is 19.1 Å². The molecule has 0 aliphatic heterocycles. The summed E-state index contributed by atoms with van der Waals surface area (Å²) in [5.74, 6) is -0.579. The first-order valence-electron chi connectivity index (χ1n) is 9.12. The molecular formula is C22H28F2O. The predicted octanol–water partition coefficient (Wildman–Crippen LogP) is 6.71. The normalized spacial score (nSPS) is 21.6. The topological polar surface area (TPSA) is 9.23 Å². The lowest BCUT2D eigenvalue weighted by Crippen LogP contribution is -2.13. The lowest BCUT2D eigenvalue weighted by Gasteiger charge is -2.26. The molecule has 1 fully saturated rings. The van der Waals surface area contributed by atoms with Gasteiger partial charge in [-0.05, 0) is 56.2 Å². The molecule has 0 aromatic heterocycles. The average Bonchev–Trinajstić information content (AvgIpc) is 2.61. The molecule has 2 rings (SSSR count). The molecule has 0 N–H and O–H groups in total. The SMILES string of the molecule is C=C(/C=C\C(=C/C)c1ccc(OCC)c(F)c1F)C1CCC(C)CC1.